The molecule has 101 valence electrons. The first-order valence-electron chi connectivity index (χ1n) is 5.94. The van der Waals surface area contributed by atoms with Gasteiger partial charge in [-0.3, -0.25) is 0 Å². The molecule has 20 heavy (non-hydrogen) atoms. The summed E-state index contributed by atoms with van der Waals surface area (Å²) >= 11 is 0. The molecule has 2 aromatic carbocycles. The van der Waals surface area contributed by atoms with Gasteiger partial charge in [0.15, 0.2) is 0 Å². The maximum Gasteiger partial charge on any atom is 0.0307 e. The summed E-state index contributed by atoms with van der Waals surface area (Å²) in [6, 6.07) is 20.7. The summed E-state index contributed by atoms with van der Waals surface area (Å²) in [5.41, 5.74) is 2.63. The first-order valence-corrected chi connectivity index (χ1v) is 5.94. The van der Waals surface area contributed by atoms with Crippen molar-refractivity contribution in [2.45, 2.75) is 0 Å². The van der Waals surface area contributed by atoms with Crippen molar-refractivity contribution in [2.24, 2.45) is 0 Å². The fraction of sp³-hybridized carbons (Fsp3) is 0. The Hall–Kier alpha value is -2.08. The molecule has 0 unspecified atom stereocenters. The van der Waals surface area contributed by atoms with Gasteiger partial charge in [0.05, 0.1) is 0 Å². The van der Waals surface area contributed by atoms with E-state index < -0.39 is 0 Å². The van der Waals surface area contributed by atoms with Crippen molar-refractivity contribution >= 4 is 11.4 Å². The first-order chi connectivity index (χ1) is 9.36. The van der Waals surface area contributed by atoms with E-state index in [1.807, 2.05) is 65.3 Å². The van der Waals surface area contributed by atoms with Gasteiger partial charge in [-0.15, -0.1) is 18.4 Å². The second-order valence-electron chi connectivity index (χ2n) is 4.14. The molecule has 4 heteroatoms. The summed E-state index contributed by atoms with van der Waals surface area (Å²) in [7, 11) is 0. The third kappa shape index (κ3) is 2.91. The number of rotatable bonds is 2. The largest absolute Gasteiger partial charge is 0.500 e. The van der Waals surface area contributed by atoms with E-state index in [-0.39, 0.29) is 20.1 Å². The standard InChI is InChI=1S/C16H11N3.Ir/c17-12-14-6-8-16(9-7-14)19-11-10-18(13-19)15-4-2-1-3-5-15;/h1-8,10-11,13H;/q-2;. The van der Waals surface area contributed by atoms with Crippen LogP contribution < -0.4 is 9.80 Å². The van der Waals surface area contributed by atoms with E-state index in [9.17, 15) is 0 Å². The summed E-state index contributed by atoms with van der Waals surface area (Å²) in [5.74, 6) is 0. The maximum atomic E-state index is 8.77. The van der Waals surface area contributed by atoms with Crippen molar-refractivity contribution in [3.05, 3.63) is 79.2 Å². The van der Waals surface area contributed by atoms with Crippen LogP contribution in [0.2, 0.25) is 0 Å². The summed E-state index contributed by atoms with van der Waals surface area (Å²) in [6.07, 6.45) is 3.95. The molecule has 0 amide bonds. The molecular formula is C16H11IrN3-2. The number of anilines is 2. The van der Waals surface area contributed by atoms with Crippen LogP contribution in [0.4, 0.5) is 11.4 Å². The average Bonchev–Trinajstić information content (AvgIpc) is 2.98. The molecule has 0 N–H and O–H groups in total. The van der Waals surface area contributed by atoms with Crippen LogP contribution in [0.5, 0.6) is 0 Å². The van der Waals surface area contributed by atoms with Crippen molar-refractivity contribution in [3.63, 3.8) is 0 Å². The molecule has 0 spiro atoms. The second-order valence-corrected chi connectivity index (χ2v) is 4.14. The number of benzene rings is 2. The molecular weight excluding hydrogens is 426 g/mol. The molecule has 3 nitrogen and oxygen atoms in total. The Morgan fingerprint density at radius 1 is 1.00 bits per heavy atom. The number of hydrogen-bond acceptors (Lipinski definition) is 3. The van der Waals surface area contributed by atoms with Gasteiger partial charge in [0.2, 0.25) is 0 Å². The minimum atomic E-state index is 0. The Morgan fingerprint density at radius 3 is 2.40 bits per heavy atom. The van der Waals surface area contributed by atoms with Gasteiger partial charge in [0, 0.05) is 31.9 Å². The molecule has 0 fully saturated rings. The third-order valence-electron chi connectivity index (χ3n) is 2.89. The predicted octanol–water partition coefficient (Wildman–Crippen LogP) is 3.27. The first kappa shape index (κ1) is 14.3. The van der Waals surface area contributed by atoms with Gasteiger partial charge < -0.3 is 9.80 Å². The zero-order valence-corrected chi connectivity index (χ0v) is 12.9. The molecule has 0 aromatic heterocycles. The summed E-state index contributed by atoms with van der Waals surface area (Å²) in [6.45, 7) is 1.98. The fourth-order valence-corrected chi connectivity index (χ4v) is 1.90. The third-order valence-corrected chi connectivity index (χ3v) is 2.89. The quantitative estimate of drug-likeness (QED) is 0.676. The van der Waals surface area contributed by atoms with Crippen molar-refractivity contribution in [1.29, 1.82) is 5.26 Å². The van der Waals surface area contributed by atoms with Crippen molar-refractivity contribution < 1.29 is 20.1 Å². The molecule has 2 aromatic rings. The summed E-state index contributed by atoms with van der Waals surface area (Å²) in [4.78, 5) is 4.00. The van der Waals surface area contributed by atoms with Gasteiger partial charge in [-0.05, 0) is 24.5 Å². The number of para-hydroxylation sites is 1. The van der Waals surface area contributed by atoms with Gasteiger partial charge in [-0.25, -0.2) is 5.26 Å². The molecule has 0 saturated heterocycles. The minimum Gasteiger partial charge on any atom is -0.500 e. The van der Waals surface area contributed by atoms with Crippen LogP contribution >= 0.6 is 0 Å². The van der Waals surface area contributed by atoms with E-state index in [1.165, 1.54) is 0 Å². The Kier molecular flexibility index (Phi) is 4.57. The molecule has 1 aliphatic rings. The minimum absolute atomic E-state index is 0. The SMILES string of the molecule is N#Cc1c[c-]c(N2C=CN(c3ccccc3)[CH-]2)cc1.[Ir]. The van der Waals surface area contributed by atoms with E-state index in [1.54, 1.807) is 12.1 Å². The summed E-state index contributed by atoms with van der Waals surface area (Å²) < 4.78 is 0. The predicted molar refractivity (Wildman–Crippen MR) is 74.8 cm³/mol. The van der Waals surface area contributed by atoms with Gasteiger partial charge in [0.25, 0.3) is 0 Å². The van der Waals surface area contributed by atoms with Gasteiger partial charge >= 0.3 is 0 Å². The van der Waals surface area contributed by atoms with Gasteiger partial charge in [0.1, 0.15) is 0 Å². The topological polar surface area (TPSA) is 30.3 Å². The van der Waals surface area contributed by atoms with Crippen LogP contribution in [0.25, 0.3) is 0 Å². The maximum absolute atomic E-state index is 8.77. The molecule has 0 saturated carbocycles. The molecule has 0 bridgehead atoms. The van der Waals surface area contributed by atoms with E-state index in [0.29, 0.717) is 5.56 Å². The number of hydrogen-bond donors (Lipinski definition) is 0. The van der Waals surface area contributed by atoms with E-state index in [0.717, 1.165) is 11.4 Å². The summed E-state index contributed by atoms with van der Waals surface area (Å²) in [5, 5.41) is 8.77. The fourth-order valence-electron chi connectivity index (χ4n) is 1.90. The Labute approximate surface area is 132 Å². The van der Waals surface area contributed by atoms with Gasteiger partial charge in [-0.1, -0.05) is 23.8 Å². The van der Waals surface area contributed by atoms with E-state index >= 15 is 0 Å². The number of nitrogens with zero attached hydrogens (tertiary/aromatic N) is 3. The Bertz CT molecular complexity index is 629. The normalized spacial score (nSPS) is 12.9. The zero-order valence-electron chi connectivity index (χ0n) is 10.5. The number of nitriles is 1. The van der Waals surface area contributed by atoms with Crippen molar-refractivity contribution in [2.75, 3.05) is 9.80 Å². The van der Waals surface area contributed by atoms with Gasteiger partial charge in [-0.2, -0.15) is 18.2 Å². The monoisotopic (exact) mass is 438 g/mol. The molecule has 1 aliphatic heterocycles. The van der Waals surface area contributed by atoms with E-state index in [4.69, 9.17) is 5.26 Å². The Balaban J connectivity index is 0.00000147. The van der Waals surface area contributed by atoms with Crippen molar-refractivity contribution in [3.8, 4) is 6.07 Å². The molecule has 1 radical (unpaired) electrons. The van der Waals surface area contributed by atoms with E-state index in [2.05, 4.69) is 12.1 Å². The van der Waals surface area contributed by atoms with Crippen LogP contribution in [-0.4, -0.2) is 0 Å². The second kappa shape index (κ2) is 6.38. The average molecular weight is 438 g/mol. The molecule has 3 rings (SSSR count). The molecule has 1 heterocycles. The molecule has 0 aliphatic carbocycles. The van der Waals surface area contributed by atoms with Crippen LogP contribution in [-0.2, 0) is 20.1 Å². The van der Waals surface area contributed by atoms with Crippen LogP contribution in [0.3, 0.4) is 0 Å². The molecule has 0 atom stereocenters. The van der Waals surface area contributed by atoms with Crippen LogP contribution in [0, 0.1) is 24.1 Å². The Morgan fingerprint density at radius 2 is 1.75 bits per heavy atom. The van der Waals surface area contributed by atoms with Crippen molar-refractivity contribution in [1.82, 2.24) is 0 Å². The van der Waals surface area contributed by atoms with Crippen LogP contribution in [0.1, 0.15) is 5.56 Å². The van der Waals surface area contributed by atoms with Crippen LogP contribution in [0.15, 0.2) is 60.9 Å². The zero-order chi connectivity index (χ0) is 13.1. The smallest absolute Gasteiger partial charge is 0.0307 e.